The number of aryl methyl sites for hydroxylation is 1. The Morgan fingerprint density at radius 1 is 1.48 bits per heavy atom. The number of hydrogen-bond donors (Lipinski definition) is 2. The van der Waals surface area contributed by atoms with Gasteiger partial charge in [-0.1, -0.05) is 29.2 Å². The number of carbonyl (C=O) groups excluding carboxylic acids is 1. The van der Waals surface area contributed by atoms with E-state index in [0.29, 0.717) is 27.0 Å². The lowest BCUT2D eigenvalue weighted by Crippen LogP contribution is -2.12. The number of thiazole rings is 1. The van der Waals surface area contributed by atoms with E-state index in [1.54, 1.807) is 0 Å². The highest BCUT2D eigenvalue weighted by atomic mass is 32.1. The number of aliphatic carboxylic acids is 1. The molecule has 2 rings (SSSR count). The Morgan fingerprint density at radius 2 is 2.29 bits per heavy atom. The molecule has 2 aromatic heterocycles. The van der Waals surface area contributed by atoms with Crippen molar-refractivity contribution >= 4 is 46.0 Å². The normalized spacial score (nSPS) is 10.9. The van der Waals surface area contributed by atoms with Gasteiger partial charge in [-0.05, 0) is 24.0 Å². The lowest BCUT2D eigenvalue weighted by Gasteiger charge is -1.99. The second-order valence-electron chi connectivity index (χ2n) is 3.99. The third-order valence-corrected chi connectivity index (χ3v) is 4.03. The molecule has 0 unspecified atom stereocenters. The van der Waals surface area contributed by atoms with Crippen molar-refractivity contribution in [2.45, 2.75) is 19.8 Å². The van der Waals surface area contributed by atoms with Crippen LogP contribution in [-0.4, -0.2) is 31.6 Å². The number of carboxylic acid groups (broad SMARTS) is 1. The molecule has 0 saturated heterocycles. The van der Waals surface area contributed by atoms with Crippen molar-refractivity contribution in [3.05, 3.63) is 27.7 Å². The van der Waals surface area contributed by atoms with Crippen LogP contribution in [0.15, 0.2) is 12.3 Å². The second-order valence-corrected chi connectivity index (χ2v) is 5.81. The van der Waals surface area contributed by atoms with E-state index in [-0.39, 0.29) is 5.91 Å². The first-order chi connectivity index (χ1) is 10.1. The molecule has 0 spiro atoms. The van der Waals surface area contributed by atoms with Crippen LogP contribution in [0.4, 0.5) is 5.13 Å². The fourth-order valence-electron chi connectivity index (χ4n) is 1.51. The second kappa shape index (κ2) is 7.04. The number of rotatable bonds is 6. The first-order valence-corrected chi connectivity index (χ1v) is 7.68. The van der Waals surface area contributed by atoms with Crippen LogP contribution < -0.4 is 5.32 Å². The van der Waals surface area contributed by atoms with E-state index < -0.39 is 5.97 Å². The van der Waals surface area contributed by atoms with Gasteiger partial charge >= 0.3 is 5.97 Å². The molecule has 0 atom stereocenters. The van der Waals surface area contributed by atoms with Gasteiger partial charge in [-0.2, -0.15) is 0 Å². The van der Waals surface area contributed by atoms with Crippen molar-refractivity contribution in [1.82, 2.24) is 14.6 Å². The van der Waals surface area contributed by atoms with Crippen molar-refractivity contribution in [3.63, 3.8) is 0 Å². The molecule has 0 bridgehead atoms. The maximum absolute atomic E-state index is 12.1. The van der Waals surface area contributed by atoms with Crippen LogP contribution in [0.5, 0.6) is 0 Å². The Hall–Kier alpha value is -2.13. The molecule has 0 aromatic carbocycles. The summed E-state index contributed by atoms with van der Waals surface area (Å²) in [5.41, 5.74) is 0.683. The highest BCUT2D eigenvalue weighted by Crippen LogP contribution is 2.21. The van der Waals surface area contributed by atoms with Crippen molar-refractivity contribution in [2.24, 2.45) is 0 Å². The topological polar surface area (TPSA) is 105 Å². The molecule has 0 aliphatic heterocycles. The fourth-order valence-corrected chi connectivity index (χ4v) is 2.83. The Kier molecular flexibility index (Phi) is 5.12. The summed E-state index contributed by atoms with van der Waals surface area (Å²) in [6.07, 6.45) is 5.52. The Labute approximate surface area is 128 Å². The van der Waals surface area contributed by atoms with Crippen molar-refractivity contribution in [3.8, 4) is 0 Å². The van der Waals surface area contributed by atoms with E-state index in [1.807, 2.05) is 6.92 Å². The largest absolute Gasteiger partial charge is 0.478 e. The molecule has 2 heterocycles. The van der Waals surface area contributed by atoms with E-state index in [9.17, 15) is 9.59 Å². The number of carboxylic acids is 1. The third kappa shape index (κ3) is 4.17. The molecule has 2 N–H and O–H groups in total. The first-order valence-electron chi connectivity index (χ1n) is 6.09. The van der Waals surface area contributed by atoms with E-state index >= 15 is 0 Å². The summed E-state index contributed by atoms with van der Waals surface area (Å²) >= 11 is 2.24. The highest BCUT2D eigenvalue weighted by molar-refractivity contribution is 7.16. The Bertz CT molecular complexity index is 678. The molecular weight excluding hydrogens is 312 g/mol. The number of nitrogens with one attached hydrogen (secondary N) is 1. The molecule has 2 aromatic rings. The van der Waals surface area contributed by atoms with Gasteiger partial charge in [0, 0.05) is 17.2 Å². The van der Waals surface area contributed by atoms with Crippen LogP contribution in [0, 0.1) is 0 Å². The lowest BCUT2D eigenvalue weighted by atomic mass is 10.2. The summed E-state index contributed by atoms with van der Waals surface area (Å²) in [4.78, 5) is 27.7. The molecular formula is C12H12N4O3S2. The van der Waals surface area contributed by atoms with Crippen LogP contribution >= 0.6 is 22.9 Å². The number of hydrogen-bond acceptors (Lipinski definition) is 7. The van der Waals surface area contributed by atoms with E-state index in [0.717, 1.165) is 24.0 Å². The Morgan fingerprint density at radius 3 is 3.00 bits per heavy atom. The van der Waals surface area contributed by atoms with E-state index in [1.165, 1.54) is 23.6 Å². The highest BCUT2D eigenvalue weighted by Gasteiger charge is 2.16. The minimum atomic E-state index is -1.03. The maximum atomic E-state index is 12.1. The molecule has 0 fully saturated rings. The number of nitrogens with zero attached hydrogens (tertiary/aromatic N) is 3. The van der Waals surface area contributed by atoms with Crippen molar-refractivity contribution < 1.29 is 14.7 Å². The van der Waals surface area contributed by atoms with Crippen molar-refractivity contribution in [1.29, 1.82) is 0 Å². The van der Waals surface area contributed by atoms with Crippen LogP contribution in [0.25, 0.3) is 6.08 Å². The zero-order valence-electron chi connectivity index (χ0n) is 11.1. The minimum absolute atomic E-state index is 0.295. The third-order valence-electron chi connectivity index (χ3n) is 2.38. The average Bonchev–Trinajstić information content (AvgIpc) is 3.06. The van der Waals surface area contributed by atoms with Crippen molar-refractivity contribution in [2.75, 3.05) is 5.32 Å². The molecule has 110 valence electrons. The first kappa shape index (κ1) is 15.3. The molecule has 0 saturated carbocycles. The molecule has 9 heteroatoms. The van der Waals surface area contributed by atoms with Crippen LogP contribution in [-0.2, 0) is 11.2 Å². The summed E-state index contributed by atoms with van der Waals surface area (Å²) in [6, 6.07) is 0. The Balaban J connectivity index is 2.06. The summed E-state index contributed by atoms with van der Waals surface area (Å²) < 4.78 is 3.79. The predicted octanol–water partition coefficient (Wildman–Crippen LogP) is 2.30. The van der Waals surface area contributed by atoms with Crippen LogP contribution in [0.2, 0.25) is 0 Å². The quantitative estimate of drug-likeness (QED) is 0.790. The van der Waals surface area contributed by atoms with Gasteiger partial charge in [0.05, 0.1) is 5.69 Å². The molecule has 0 radical (unpaired) electrons. The fraction of sp³-hybridized carbons (Fsp3) is 0.250. The molecule has 0 aliphatic rings. The molecule has 21 heavy (non-hydrogen) atoms. The molecule has 0 aliphatic carbocycles. The standard InChI is InChI=1S/C12H12N4O3S2/c1-2-3-8-10(21-16-15-8)11(19)14-12-13-6-7(20-12)4-5-9(17)18/h4-6H,2-3H2,1H3,(H,17,18)(H,13,14,19). The predicted molar refractivity (Wildman–Crippen MR) is 80.6 cm³/mol. The summed E-state index contributed by atoms with van der Waals surface area (Å²) in [7, 11) is 0. The van der Waals surface area contributed by atoms with Crippen LogP contribution in [0.1, 0.15) is 33.6 Å². The summed E-state index contributed by atoms with van der Waals surface area (Å²) in [6.45, 7) is 2.00. The number of anilines is 1. The van der Waals surface area contributed by atoms with E-state index in [2.05, 4.69) is 19.9 Å². The molecule has 1 amide bonds. The van der Waals surface area contributed by atoms with Gasteiger partial charge in [0.15, 0.2) is 5.13 Å². The monoisotopic (exact) mass is 324 g/mol. The average molecular weight is 324 g/mol. The summed E-state index contributed by atoms with van der Waals surface area (Å²) in [5, 5.41) is 15.6. The van der Waals surface area contributed by atoms with E-state index in [4.69, 9.17) is 5.11 Å². The van der Waals surface area contributed by atoms with Gasteiger partial charge in [-0.3, -0.25) is 10.1 Å². The van der Waals surface area contributed by atoms with Gasteiger partial charge < -0.3 is 5.11 Å². The SMILES string of the molecule is CCCc1nnsc1C(=O)Nc1ncc(C=CC(=O)O)s1. The maximum Gasteiger partial charge on any atom is 0.328 e. The zero-order chi connectivity index (χ0) is 15.2. The number of aromatic nitrogens is 3. The number of amides is 1. The molecule has 7 nitrogen and oxygen atoms in total. The lowest BCUT2D eigenvalue weighted by molar-refractivity contribution is -0.131. The van der Waals surface area contributed by atoms with Gasteiger partial charge in [0.2, 0.25) is 0 Å². The van der Waals surface area contributed by atoms with Gasteiger partial charge in [0.25, 0.3) is 5.91 Å². The number of carbonyl (C=O) groups is 2. The minimum Gasteiger partial charge on any atom is -0.478 e. The zero-order valence-corrected chi connectivity index (χ0v) is 12.7. The summed E-state index contributed by atoms with van der Waals surface area (Å²) in [5.74, 6) is -1.33. The smallest absolute Gasteiger partial charge is 0.328 e. The van der Waals surface area contributed by atoms with Gasteiger partial charge in [-0.25, -0.2) is 9.78 Å². The van der Waals surface area contributed by atoms with Gasteiger partial charge in [0.1, 0.15) is 4.88 Å². The van der Waals surface area contributed by atoms with Gasteiger partial charge in [-0.15, -0.1) is 5.10 Å². The van der Waals surface area contributed by atoms with Crippen LogP contribution in [0.3, 0.4) is 0 Å².